The Bertz CT molecular complexity index is 1070. The maximum Gasteiger partial charge on any atom is 0.229 e. The first-order valence-electron chi connectivity index (χ1n) is 8.53. The van der Waals surface area contributed by atoms with Gasteiger partial charge in [0.2, 0.25) is 5.91 Å². The van der Waals surface area contributed by atoms with Crippen molar-refractivity contribution in [2.24, 2.45) is 0 Å². The summed E-state index contributed by atoms with van der Waals surface area (Å²) in [6, 6.07) is 15.4. The summed E-state index contributed by atoms with van der Waals surface area (Å²) in [6.07, 6.45) is 5.66. The highest BCUT2D eigenvalue weighted by atomic mass is 16.5. The third kappa shape index (κ3) is 3.79. The molecular weight excluding hydrogens is 340 g/mol. The topological polar surface area (TPSA) is 79.9 Å². The molecule has 0 aliphatic rings. The zero-order valence-electron chi connectivity index (χ0n) is 14.8. The van der Waals surface area contributed by atoms with Gasteiger partial charge in [0.05, 0.1) is 19.7 Å². The molecule has 0 fully saturated rings. The fourth-order valence-electron chi connectivity index (χ4n) is 2.91. The Balaban J connectivity index is 1.51. The van der Waals surface area contributed by atoms with E-state index in [0.29, 0.717) is 5.82 Å². The van der Waals surface area contributed by atoms with Gasteiger partial charge < -0.3 is 10.1 Å². The van der Waals surface area contributed by atoms with Crippen LogP contribution in [0.5, 0.6) is 5.75 Å². The summed E-state index contributed by atoms with van der Waals surface area (Å²) < 4.78 is 5.13. The lowest BCUT2D eigenvalue weighted by Crippen LogP contribution is -2.15. The molecule has 0 atom stereocenters. The molecule has 27 heavy (non-hydrogen) atoms. The number of anilines is 1. The van der Waals surface area contributed by atoms with Crippen molar-refractivity contribution in [2.45, 2.75) is 6.42 Å². The second kappa shape index (κ2) is 7.29. The quantitative estimate of drug-likeness (QED) is 0.568. The van der Waals surface area contributed by atoms with Gasteiger partial charge in [-0.1, -0.05) is 24.3 Å². The van der Waals surface area contributed by atoms with Crippen LogP contribution in [0.1, 0.15) is 5.56 Å². The van der Waals surface area contributed by atoms with Gasteiger partial charge in [0.25, 0.3) is 0 Å². The normalized spacial score (nSPS) is 10.7. The van der Waals surface area contributed by atoms with Crippen molar-refractivity contribution in [2.75, 3.05) is 12.4 Å². The van der Waals surface area contributed by atoms with Gasteiger partial charge in [-0.15, -0.1) is 0 Å². The minimum Gasteiger partial charge on any atom is -0.497 e. The molecule has 134 valence electrons. The molecule has 2 N–H and O–H groups in total. The van der Waals surface area contributed by atoms with Crippen LogP contribution >= 0.6 is 0 Å². The molecule has 4 aromatic rings. The second-order valence-electron chi connectivity index (χ2n) is 6.19. The fraction of sp³-hybridized carbons (Fsp3) is 0.0952. The second-order valence-corrected chi connectivity index (χ2v) is 6.19. The van der Waals surface area contributed by atoms with Crippen LogP contribution in [0, 0.1) is 0 Å². The number of fused-ring (bicyclic) bond motifs is 1. The number of nitrogens with zero attached hydrogens (tertiary/aromatic N) is 2. The van der Waals surface area contributed by atoms with Crippen molar-refractivity contribution in [3.8, 4) is 16.9 Å². The van der Waals surface area contributed by atoms with E-state index in [2.05, 4.69) is 26.6 Å². The largest absolute Gasteiger partial charge is 0.497 e. The van der Waals surface area contributed by atoms with Crippen LogP contribution in [0.2, 0.25) is 0 Å². The Morgan fingerprint density at radius 3 is 2.63 bits per heavy atom. The number of carbonyl (C=O) groups excluding carboxylic acids is 1. The van der Waals surface area contributed by atoms with E-state index < -0.39 is 0 Å². The van der Waals surface area contributed by atoms with Gasteiger partial charge in [0.15, 0.2) is 0 Å². The van der Waals surface area contributed by atoms with E-state index in [-0.39, 0.29) is 12.3 Å². The average Bonchev–Trinajstić information content (AvgIpc) is 3.23. The van der Waals surface area contributed by atoms with Gasteiger partial charge >= 0.3 is 0 Å². The molecule has 0 saturated heterocycles. The van der Waals surface area contributed by atoms with E-state index in [0.717, 1.165) is 33.2 Å². The number of rotatable bonds is 5. The first-order chi connectivity index (χ1) is 13.2. The van der Waals surface area contributed by atoms with E-state index in [1.807, 2.05) is 48.7 Å². The first kappa shape index (κ1) is 16.8. The highest BCUT2D eigenvalue weighted by molar-refractivity contribution is 5.94. The Morgan fingerprint density at radius 1 is 1.04 bits per heavy atom. The number of aromatic nitrogens is 3. The van der Waals surface area contributed by atoms with Crippen molar-refractivity contribution in [1.82, 2.24) is 15.2 Å². The van der Waals surface area contributed by atoms with Gasteiger partial charge in [-0.3, -0.25) is 9.89 Å². The van der Waals surface area contributed by atoms with Gasteiger partial charge in [-0.25, -0.2) is 4.98 Å². The Morgan fingerprint density at radius 2 is 1.89 bits per heavy atom. The van der Waals surface area contributed by atoms with Crippen LogP contribution in [0.4, 0.5) is 5.82 Å². The lowest BCUT2D eigenvalue weighted by molar-refractivity contribution is -0.115. The smallest absolute Gasteiger partial charge is 0.229 e. The molecule has 0 aliphatic heterocycles. The molecule has 6 nitrogen and oxygen atoms in total. The zero-order chi connectivity index (χ0) is 18.6. The number of ether oxygens (including phenoxy) is 1. The van der Waals surface area contributed by atoms with Crippen LogP contribution < -0.4 is 10.1 Å². The highest BCUT2D eigenvalue weighted by Crippen LogP contribution is 2.24. The number of H-pyrrole nitrogens is 1. The molecule has 2 aromatic heterocycles. The summed E-state index contributed by atoms with van der Waals surface area (Å²) in [6.45, 7) is 0. The molecule has 4 rings (SSSR count). The molecule has 0 bridgehead atoms. The van der Waals surface area contributed by atoms with Crippen LogP contribution in [0.3, 0.4) is 0 Å². The van der Waals surface area contributed by atoms with Crippen LogP contribution in [-0.2, 0) is 11.2 Å². The molecule has 1 amide bonds. The van der Waals surface area contributed by atoms with E-state index in [1.165, 1.54) is 0 Å². The molecular formula is C21H18N4O2. The van der Waals surface area contributed by atoms with Crippen molar-refractivity contribution in [3.63, 3.8) is 0 Å². The predicted molar refractivity (Wildman–Crippen MR) is 105 cm³/mol. The summed E-state index contributed by atoms with van der Waals surface area (Å²) in [7, 11) is 1.62. The maximum atomic E-state index is 12.3. The number of hydrogen-bond acceptors (Lipinski definition) is 4. The third-order valence-corrected chi connectivity index (χ3v) is 4.34. The van der Waals surface area contributed by atoms with Crippen LogP contribution in [0.15, 0.2) is 67.1 Å². The summed E-state index contributed by atoms with van der Waals surface area (Å²) in [5.74, 6) is 1.19. The molecule has 0 unspecified atom stereocenters. The number of benzene rings is 2. The molecule has 2 heterocycles. The van der Waals surface area contributed by atoms with Crippen molar-refractivity contribution >= 4 is 22.5 Å². The molecule has 2 aromatic carbocycles. The maximum absolute atomic E-state index is 12.3. The zero-order valence-corrected chi connectivity index (χ0v) is 14.8. The SMILES string of the molecule is COc1ccc(CC(=O)Nc2cc3cc(-c4cn[nH]c4)ccc3cn2)cc1. The van der Waals surface area contributed by atoms with Gasteiger partial charge in [0, 0.05) is 23.3 Å². The Labute approximate surface area is 156 Å². The standard InChI is InChI=1S/C21H18N4O2/c1-27-19-6-2-14(3-7-19)8-21(26)25-20-10-17-9-15(18-12-23-24-13-18)4-5-16(17)11-22-20/h2-7,9-13H,8H2,1H3,(H,23,24)(H,22,25,26). The van der Waals surface area contributed by atoms with E-state index >= 15 is 0 Å². The molecule has 0 radical (unpaired) electrons. The lowest BCUT2D eigenvalue weighted by atomic mass is 10.1. The monoisotopic (exact) mass is 358 g/mol. The summed E-state index contributed by atoms with van der Waals surface area (Å²) in [4.78, 5) is 16.7. The number of pyridine rings is 1. The van der Waals surface area contributed by atoms with Gasteiger partial charge in [0.1, 0.15) is 11.6 Å². The van der Waals surface area contributed by atoms with E-state index in [4.69, 9.17) is 4.74 Å². The van der Waals surface area contributed by atoms with Gasteiger partial charge in [-0.05, 0) is 40.8 Å². The Hall–Kier alpha value is -3.67. The van der Waals surface area contributed by atoms with Crippen LogP contribution in [0.25, 0.3) is 21.9 Å². The minimum atomic E-state index is -0.113. The average molecular weight is 358 g/mol. The number of hydrogen-bond donors (Lipinski definition) is 2. The molecule has 0 saturated carbocycles. The molecule has 0 aliphatic carbocycles. The Kier molecular flexibility index (Phi) is 4.53. The van der Waals surface area contributed by atoms with E-state index in [1.54, 1.807) is 19.5 Å². The number of amides is 1. The minimum absolute atomic E-state index is 0.113. The lowest BCUT2D eigenvalue weighted by Gasteiger charge is -2.07. The molecule has 0 spiro atoms. The number of nitrogens with one attached hydrogen (secondary N) is 2. The van der Waals surface area contributed by atoms with Crippen molar-refractivity contribution in [1.29, 1.82) is 0 Å². The van der Waals surface area contributed by atoms with Gasteiger partial charge in [-0.2, -0.15) is 5.10 Å². The van der Waals surface area contributed by atoms with E-state index in [9.17, 15) is 4.79 Å². The van der Waals surface area contributed by atoms with Crippen molar-refractivity contribution < 1.29 is 9.53 Å². The number of aromatic amines is 1. The first-order valence-corrected chi connectivity index (χ1v) is 8.53. The summed E-state index contributed by atoms with van der Waals surface area (Å²) >= 11 is 0. The fourth-order valence-corrected chi connectivity index (χ4v) is 2.91. The number of carbonyl (C=O) groups is 1. The summed E-state index contributed by atoms with van der Waals surface area (Å²) in [5, 5.41) is 11.7. The molecule has 6 heteroatoms. The van der Waals surface area contributed by atoms with Crippen LogP contribution in [-0.4, -0.2) is 28.2 Å². The predicted octanol–water partition coefficient (Wildman–Crippen LogP) is 3.81. The summed E-state index contributed by atoms with van der Waals surface area (Å²) in [5.41, 5.74) is 2.98. The highest BCUT2D eigenvalue weighted by Gasteiger charge is 2.07. The third-order valence-electron chi connectivity index (χ3n) is 4.34. The van der Waals surface area contributed by atoms with Crippen molar-refractivity contribution in [3.05, 3.63) is 72.7 Å². The number of methoxy groups -OCH3 is 1.